The highest BCUT2D eigenvalue weighted by molar-refractivity contribution is 6.31. The van der Waals surface area contributed by atoms with Gasteiger partial charge in [-0.25, -0.2) is 0 Å². The minimum absolute atomic E-state index is 0.762. The van der Waals surface area contributed by atoms with Crippen LogP contribution in [0.5, 0.6) is 0 Å². The molecule has 1 aliphatic heterocycles. The van der Waals surface area contributed by atoms with Gasteiger partial charge >= 0.3 is 0 Å². The number of rotatable bonds is 3. The molecule has 0 saturated carbocycles. The highest BCUT2D eigenvalue weighted by atomic mass is 35.5. The van der Waals surface area contributed by atoms with Crippen LogP contribution in [0.1, 0.15) is 11.4 Å². The maximum absolute atomic E-state index is 6.31. The second-order valence-electron chi connectivity index (χ2n) is 4.63. The Balaban J connectivity index is 1.93. The molecule has 0 saturated heterocycles. The highest BCUT2D eigenvalue weighted by Crippen LogP contribution is 2.29. The van der Waals surface area contributed by atoms with Gasteiger partial charge in [-0.2, -0.15) is 0 Å². The number of anilines is 1. The molecular formula is C13H16ClN5. The third-order valence-corrected chi connectivity index (χ3v) is 3.78. The van der Waals surface area contributed by atoms with E-state index in [0.29, 0.717) is 0 Å². The van der Waals surface area contributed by atoms with Crippen LogP contribution < -0.4 is 10.2 Å². The molecule has 6 heteroatoms. The van der Waals surface area contributed by atoms with E-state index in [1.165, 1.54) is 5.69 Å². The fourth-order valence-electron chi connectivity index (χ4n) is 2.47. The van der Waals surface area contributed by atoms with Crippen molar-refractivity contribution in [3.05, 3.63) is 40.9 Å². The number of halogens is 1. The monoisotopic (exact) mass is 277 g/mol. The standard InChI is InChI=1S/C13H16ClN5/c1-15-7-10-11(14)3-2-4-12(10)18-5-6-19-9-16-17-13(19)8-18/h2-4,9,15H,5-8H2,1H3. The van der Waals surface area contributed by atoms with Gasteiger partial charge in [0.25, 0.3) is 0 Å². The van der Waals surface area contributed by atoms with Crippen LogP contribution in [-0.4, -0.2) is 28.4 Å². The maximum atomic E-state index is 6.31. The summed E-state index contributed by atoms with van der Waals surface area (Å²) in [5.41, 5.74) is 2.32. The van der Waals surface area contributed by atoms with E-state index in [0.717, 1.165) is 42.6 Å². The van der Waals surface area contributed by atoms with Gasteiger partial charge in [-0.15, -0.1) is 10.2 Å². The van der Waals surface area contributed by atoms with Gasteiger partial charge in [0.05, 0.1) is 6.54 Å². The van der Waals surface area contributed by atoms with Crippen LogP contribution in [0, 0.1) is 0 Å². The molecule has 5 nitrogen and oxygen atoms in total. The normalized spacial score (nSPS) is 14.5. The molecule has 1 aromatic carbocycles. The van der Waals surface area contributed by atoms with Gasteiger partial charge < -0.3 is 14.8 Å². The average molecular weight is 278 g/mol. The van der Waals surface area contributed by atoms with Crippen LogP contribution in [0.15, 0.2) is 24.5 Å². The lowest BCUT2D eigenvalue weighted by Gasteiger charge is -2.31. The minimum Gasteiger partial charge on any atom is -0.362 e. The second kappa shape index (κ2) is 5.19. The molecule has 0 aliphatic carbocycles. The van der Waals surface area contributed by atoms with E-state index in [2.05, 4.69) is 31.0 Å². The first kappa shape index (κ1) is 12.4. The number of hydrogen-bond donors (Lipinski definition) is 1. The molecule has 1 aromatic heterocycles. The maximum Gasteiger partial charge on any atom is 0.152 e. The van der Waals surface area contributed by atoms with Crippen molar-refractivity contribution in [2.24, 2.45) is 0 Å². The Labute approximate surface area is 117 Å². The largest absolute Gasteiger partial charge is 0.362 e. The zero-order chi connectivity index (χ0) is 13.2. The van der Waals surface area contributed by atoms with Crippen molar-refractivity contribution in [2.75, 3.05) is 18.5 Å². The van der Waals surface area contributed by atoms with Gasteiger partial charge in [0.15, 0.2) is 5.82 Å². The average Bonchev–Trinajstić information content (AvgIpc) is 2.88. The molecule has 0 bridgehead atoms. The first-order chi connectivity index (χ1) is 9.29. The van der Waals surface area contributed by atoms with Gasteiger partial charge in [0, 0.05) is 35.9 Å². The highest BCUT2D eigenvalue weighted by Gasteiger charge is 2.20. The minimum atomic E-state index is 0.762. The van der Waals surface area contributed by atoms with Crippen LogP contribution in [0.25, 0.3) is 0 Å². The smallest absolute Gasteiger partial charge is 0.152 e. The summed E-state index contributed by atoms with van der Waals surface area (Å²) in [6.45, 7) is 3.39. The van der Waals surface area contributed by atoms with Crippen LogP contribution in [-0.2, 0) is 19.6 Å². The van der Waals surface area contributed by atoms with Crippen molar-refractivity contribution in [3.63, 3.8) is 0 Å². The quantitative estimate of drug-likeness (QED) is 0.927. The number of fused-ring (bicyclic) bond motifs is 1. The van der Waals surface area contributed by atoms with E-state index in [4.69, 9.17) is 11.6 Å². The number of aromatic nitrogens is 3. The molecule has 1 N–H and O–H groups in total. The van der Waals surface area contributed by atoms with E-state index in [-0.39, 0.29) is 0 Å². The van der Waals surface area contributed by atoms with E-state index < -0.39 is 0 Å². The first-order valence-electron chi connectivity index (χ1n) is 6.33. The lowest BCUT2D eigenvalue weighted by Crippen LogP contribution is -2.34. The third kappa shape index (κ3) is 2.31. The van der Waals surface area contributed by atoms with Crippen molar-refractivity contribution >= 4 is 17.3 Å². The van der Waals surface area contributed by atoms with Crippen molar-refractivity contribution in [2.45, 2.75) is 19.6 Å². The summed E-state index contributed by atoms with van der Waals surface area (Å²) < 4.78 is 2.10. The Hall–Kier alpha value is -1.59. The Kier molecular flexibility index (Phi) is 3.40. The zero-order valence-electron chi connectivity index (χ0n) is 10.8. The van der Waals surface area contributed by atoms with E-state index in [9.17, 15) is 0 Å². The summed E-state index contributed by atoms with van der Waals surface area (Å²) in [6.07, 6.45) is 1.79. The van der Waals surface area contributed by atoms with Gasteiger partial charge in [0.1, 0.15) is 6.33 Å². The van der Waals surface area contributed by atoms with Crippen molar-refractivity contribution in [3.8, 4) is 0 Å². The van der Waals surface area contributed by atoms with E-state index in [1.807, 2.05) is 19.2 Å². The predicted octanol–water partition coefficient (Wildman–Crippen LogP) is 1.67. The van der Waals surface area contributed by atoms with Crippen LogP contribution in [0.3, 0.4) is 0 Å². The molecule has 1 aliphatic rings. The van der Waals surface area contributed by atoms with E-state index in [1.54, 1.807) is 6.33 Å². The lowest BCUT2D eigenvalue weighted by atomic mass is 10.1. The topological polar surface area (TPSA) is 46.0 Å². The van der Waals surface area contributed by atoms with Crippen LogP contribution >= 0.6 is 11.6 Å². The summed E-state index contributed by atoms with van der Waals surface area (Å²) in [7, 11) is 1.93. The van der Waals surface area contributed by atoms with E-state index >= 15 is 0 Å². The van der Waals surface area contributed by atoms with Crippen molar-refractivity contribution in [1.29, 1.82) is 0 Å². The van der Waals surface area contributed by atoms with Gasteiger partial charge in [-0.1, -0.05) is 17.7 Å². The molecular weight excluding hydrogens is 262 g/mol. The Morgan fingerprint density at radius 3 is 3.11 bits per heavy atom. The number of nitrogens with zero attached hydrogens (tertiary/aromatic N) is 4. The van der Waals surface area contributed by atoms with Crippen LogP contribution in [0.2, 0.25) is 5.02 Å². The molecule has 100 valence electrons. The lowest BCUT2D eigenvalue weighted by molar-refractivity contribution is 0.558. The predicted molar refractivity (Wildman–Crippen MR) is 75.3 cm³/mol. The summed E-state index contributed by atoms with van der Waals surface area (Å²) in [5.74, 6) is 1.00. The molecule has 0 radical (unpaired) electrons. The summed E-state index contributed by atoms with van der Waals surface area (Å²) in [6, 6.07) is 6.05. The SMILES string of the molecule is CNCc1c(Cl)cccc1N1CCn2cnnc2C1. The molecule has 0 unspecified atom stereocenters. The zero-order valence-corrected chi connectivity index (χ0v) is 11.6. The van der Waals surface area contributed by atoms with Gasteiger partial charge in [-0.05, 0) is 19.2 Å². The molecule has 3 rings (SSSR count). The summed E-state index contributed by atoms with van der Waals surface area (Å²) in [5, 5.41) is 12.1. The van der Waals surface area contributed by atoms with Crippen LogP contribution in [0.4, 0.5) is 5.69 Å². The summed E-state index contributed by atoms with van der Waals surface area (Å²) >= 11 is 6.31. The molecule has 0 fully saturated rings. The summed E-state index contributed by atoms with van der Waals surface area (Å²) in [4.78, 5) is 2.31. The number of benzene rings is 1. The number of hydrogen-bond acceptors (Lipinski definition) is 4. The number of nitrogens with one attached hydrogen (secondary N) is 1. The molecule has 0 amide bonds. The van der Waals surface area contributed by atoms with Crippen molar-refractivity contribution in [1.82, 2.24) is 20.1 Å². The van der Waals surface area contributed by atoms with Gasteiger partial charge in [0.2, 0.25) is 0 Å². The third-order valence-electron chi connectivity index (χ3n) is 3.43. The van der Waals surface area contributed by atoms with Gasteiger partial charge in [-0.3, -0.25) is 0 Å². The Morgan fingerprint density at radius 1 is 1.37 bits per heavy atom. The Bertz CT molecular complexity index is 580. The van der Waals surface area contributed by atoms with Crippen molar-refractivity contribution < 1.29 is 0 Å². The molecule has 2 aromatic rings. The molecule has 0 atom stereocenters. The first-order valence-corrected chi connectivity index (χ1v) is 6.71. The second-order valence-corrected chi connectivity index (χ2v) is 5.04. The Morgan fingerprint density at radius 2 is 2.26 bits per heavy atom. The molecule has 2 heterocycles. The fraction of sp³-hybridized carbons (Fsp3) is 0.385. The molecule has 19 heavy (non-hydrogen) atoms. The molecule has 0 spiro atoms. The fourth-order valence-corrected chi connectivity index (χ4v) is 2.70.